The molecule has 1 aromatic heterocycles. The van der Waals surface area contributed by atoms with Crippen molar-refractivity contribution in [2.24, 2.45) is 5.92 Å². The third kappa shape index (κ3) is 3.66. The first-order valence-electron chi connectivity index (χ1n) is 6.16. The largest absolute Gasteiger partial charge is 0.381 e. The maximum absolute atomic E-state index is 12.3. The zero-order valence-electron chi connectivity index (χ0n) is 10.8. The van der Waals surface area contributed by atoms with Gasteiger partial charge in [-0.1, -0.05) is 11.6 Å². The summed E-state index contributed by atoms with van der Waals surface area (Å²) in [5.41, 5.74) is 0. The predicted molar refractivity (Wildman–Crippen MR) is 72.6 cm³/mol. The van der Waals surface area contributed by atoms with Gasteiger partial charge in [0.05, 0.1) is 6.61 Å². The lowest BCUT2D eigenvalue weighted by Gasteiger charge is -2.26. The van der Waals surface area contributed by atoms with Crippen molar-refractivity contribution in [1.29, 1.82) is 0 Å². The topological polar surface area (TPSA) is 59.5 Å². The van der Waals surface area contributed by atoms with E-state index < -0.39 is 10.0 Å². The fraction of sp³-hybridized carbons (Fsp3) is 0.583. The second-order valence-corrected chi connectivity index (χ2v) is 7.12. The second kappa shape index (κ2) is 6.17. The lowest BCUT2D eigenvalue weighted by atomic mass is 10.0. The molecule has 1 aromatic rings. The van der Waals surface area contributed by atoms with Crippen molar-refractivity contribution in [3.8, 4) is 0 Å². The molecule has 1 unspecified atom stereocenters. The number of halogens is 1. The van der Waals surface area contributed by atoms with Crippen LogP contribution >= 0.6 is 11.6 Å². The summed E-state index contributed by atoms with van der Waals surface area (Å²) in [4.78, 5) is 3.97. The fourth-order valence-electron chi connectivity index (χ4n) is 2.11. The van der Waals surface area contributed by atoms with Crippen LogP contribution < -0.4 is 0 Å². The Kier molecular flexibility index (Phi) is 4.78. The molecule has 1 aliphatic heterocycles. The van der Waals surface area contributed by atoms with Gasteiger partial charge in [-0.05, 0) is 30.9 Å². The average Bonchev–Trinajstić information content (AvgIpc) is 2.40. The lowest BCUT2D eigenvalue weighted by Crippen LogP contribution is -2.35. The minimum atomic E-state index is -3.50. The van der Waals surface area contributed by atoms with Crippen molar-refractivity contribution in [1.82, 2.24) is 9.29 Å². The van der Waals surface area contributed by atoms with Gasteiger partial charge in [0.1, 0.15) is 10.0 Å². The van der Waals surface area contributed by atoms with Crippen LogP contribution in [0.25, 0.3) is 0 Å². The van der Waals surface area contributed by atoms with Gasteiger partial charge in [0.2, 0.25) is 10.0 Å². The predicted octanol–water partition coefficient (Wildman–Crippen LogP) is 1.78. The number of ether oxygens (including phenoxy) is 1. The van der Waals surface area contributed by atoms with E-state index in [9.17, 15) is 8.42 Å². The van der Waals surface area contributed by atoms with Crippen molar-refractivity contribution < 1.29 is 13.2 Å². The van der Waals surface area contributed by atoms with E-state index in [1.54, 1.807) is 7.05 Å². The molecule has 0 aliphatic carbocycles. The van der Waals surface area contributed by atoms with Gasteiger partial charge in [-0.15, -0.1) is 0 Å². The van der Waals surface area contributed by atoms with E-state index in [2.05, 4.69) is 4.98 Å². The van der Waals surface area contributed by atoms with Gasteiger partial charge >= 0.3 is 0 Å². The number of hydrogen-bond acceptors (Lipinski definition) is 4. The molecular weight excluding hydrogens is 288 g/mol. The Morgan fingerprint density at radius 1 is 1.53 bits per heavy atom. The maximum atomic E-state index is 12.3. The zero-order valence-corrected chi connectivity index (χ0v) is 12.3. The minimum Gasteiger partial charge on any atom is -0.381 e. The van der Waals surface area contributed by atoms with Gasteiger partial charge < -0.3 is 4.74 Å². The van der Waals surface area contributed by atoms with Crippen molar-refractivity contribution in [3.63, 3.8) is 0 Å². The molecule has 1 fully saturated rings. The van der Waals surface area contributed by atoms with Crippen molar-refractivity contribution >= 4 is 21.6 Å². The Morgan fingerprint density at radius 3 is 2.89 bits per heavy atom. The van der Waals surface area contributed by atoms with E-state index in [1.165, 1.54) is 22.6 Å². The van der Waals surface area contributed by atoms with E-state index in [4.69, 9.17) is 16.3 Å². The summed E-state index contributed by atoms with van der Waals surface area (Å²) >= 11 is 5.66. The highest BCUT2D eigenvalue weighted by Crippen LogP contribution is 2.19. The smallest absolute Gasteiger partial charge is 0.244 e. The maximum Gasteiger partial charge on any atom is 0.244 e. The third-order valence-corrected chi connectivity index (χ3v) is 5.21. The summed E-state index contributed by atoms with van der Waals surface area (Å²) in [5.74, 6) is 0.258. The number of aromatic nitrogens is 1. The molecule has 1 atom stereocenters. The second-order valence-electron chi connectivity index (χ2n) is 4.69. The normalized spacial score (nSPS) is 20.7. The molecule has 7 heteroatoms. The standard InChI is InChI=1S/C12H17ClN2O3S/c1-15(8-10-3-2-6-18-9-10)19(16,17)11-4-5-12(13)14-7-11/h4-5,7,10H,2-3,6,8-9H2,1H3. The highest BCUT2D eigenvalue weighted by atomic mass is 35.5. The summed E-state index contributed by atoms with van der Waals surface area (Å²) in [6.07, 6.45) is 3.27. The molecular formula is C12H17ClN2O3S. The molecule has 2 rings (SSSR count). The van der Waals surface area contributed by atoms with Crippen LogP contribution in [0.5, 0.6) is 0 Å². The summed E-state index contributed by atoms with van der Waals surface area (Å²) in [5, 5.41) is 0.280. The van der Waals surface area contributed by atoms with Gasteiger partial charge in [-0.3, -0.25) is 0 Å². The number of nitrogens with zero attached hydrogens (tertiary/aromatic N) is 2. The highest BCUT2D eigenvalue weighted by Gasteiger charge is 2.25. The fourth-order valence-corrected chi connectivity index (χ4v) is 3.41. The quantitative estimate of drug-likeness (QED) is 0.796. The molecule has 0 N–H and O–H groups in total. The Hall–Kier alpha value is -0.690. The molecule has 2 heterocycles. The molecule has 1 aliphatic rings. The van der Waals surface area contributed by atoms with E-state index in [0.717, 1.165) is 19.4 Å². The van der Waals surface area contributed by atoms with E-state index >= 15 is 0 Å². The Balaban J connectivity index is 2.07. The van der Waals surface area contributed by atoms with Crippen molar-refractivity contribution in [2.45, 2.75) is 17.7 Å². The van der Waals surface area contributed by atoms with Gasteiger partial charge in [-0.2, -0.15) is 0 Å². The highest BCUT2D eigenvalue weighted by molar-refractivity contribution is 7.89. The molecule has 0 aromatic carbocycles. The van der Waals surface area contributed by atoms with E-state index in [-0.39, 0.29) is 16.0 Å². The van der Waals surface area contributed by atoms with E-state index in [0.29, 0.717) is 13.2 Å². The molecule has 5 nitrogen and oxygen atoms in total. The average molecular weight is 305 g/mol. The summed E-state index contributed by atoms with van der Waals surface area (Å²) in [6, 6.07) is 2.95. The van der Waals surface area contributed by atoms with Gasteiger partial charge in [0.25, 0.3) is 0 Å². The number of rotatable bonds is 4. The number of pyridine rings is 1. The van der Waals surface area contributed by atoms with Crippen LogP contribution in [-0.4, -0.2) is 44.5 Å². The molecule has 0 bridgehead atoms. The van der Waals surface area contributed by atoms with Crippen LogP contribution in [0.3, 0.4) is 0 Å². The Bertz CT molecular complexity index is 512. The lowest BCUT2D eigenvalue weighted by molar-refractivity contribution is 0.0495. The third-order valence-electron chi connectivity index (χ3n) is 3.18. The molecule has 1 saturated heterocycles. The number of sulfonamides is 1. The van der Waals surface area contributed by atoms with Crippen LogP contribution in [0.2, 0.25) is 5.15 Å². The first-order chi connectivity index (χ1) is 9.00. The van der Waals surface area contributed by atoms with Crippen LogP contribution in [-0.2, 0) is 14.8 Å². The van der Waals surface area contributed by atoms with Crippen LogP contribution in [0.4, 0.5) is 0 Å². The molecule has 0 amide bonds. The molecule has 19 heavy (non-hydrogen) atoms. The summed E-state index contributed by atoms with van der Waals surface area (Å²) < 4.78 is 31.4. The van der Waals surface area contributed by atoms with Crippen LogP contribution in [0, 0.1) is 5.92 Å². The molecule has 0 saturated carbocycles. The summed E-state index contributed by atoms with van der Waals surface area (Å²) in [7, 11) is -1.92. The Labute approximate surface area is 118 Å². The molecule has 0 radical (unpaired) electrons. The Morgan fingerprint density at radius 2 is 2.32 bits per heavy atom. The van der Waals surface area contributed by atoms with Gasteiger partial charge in [-0.25, -0.2) is 17.7 Å². The molecule has 0 spiro atoms. The first-order valence-corrected chi connectivity index (χ1v) is 7.97. The van der Waals surface area contributed by atoms with Crippen LogP contribution in [0.1, 0.15) is 12.8 Å². The number of hydrogen-bond donors (Lipinski definition) is 0. The monoisotopic (exact) mass is 304 g/mol. The van der Waals surface area contributed by atoms with Gasteiger partial charge in [0, 0.05) is 26.4 Å². The van der Waals surface area contributed by atoms with Crippen LogP contribution in [0.15, 0.2) is 23.2 Å². The van der Waals surface area contributed by atoms with Crippen molar-refractivity contribution in [2.75, 3.05) is 26.8 Å². The zero-order chi connectivity index (χ0) is 13.9. The first kappa shape index (κ1) is 14.7. The van der Waals surface area contributed by atoms with E-state index in [1.807, 2.05) is 0 Å². The van der Waals surface area contributed by atoms with Crippen molar-refractivity contribution in [3.05, 3.63) is 23.5 Å². The SMILES string of the molecule is CN(CC1CCCOC1)S(=O)(=O)c1ccc(Cl)nc1. The summed E-state index contributed by atoms with van der Waals surface area (Å²) in [6.45, 7) is 1.86. The minimum absolute atomic E-state index is 0.163. The van der Waals surface area contributed by atoms with Gasteiger partial charge in [0.15, 0.2) is 0 Å². The molecule has 106 valence electrons.